The Kier molecular flexibility index (Phi) is 5.65. The molecule has 2 heterocycles. The Morgan fingerprint density at radius 3 is 2.47 bits per heavy atom. The molecular weight excluding hydrogens is 378 g/mol. The second-order valence-electron chi connectivity index (χ2n) is 7.58. The number of ether oxygens (including phenoxy) is 1. The van der Waals surface area contributed by atoms with E-state index in [1.807, 2.05) is 55.5 Å². The lowest BCUT2D eigenvalue weighted by atomic mass is 10.0. The van der Waals surface area contributed by atoms with Gasteiger partial charge in [-0.05, 0) is 62.6 Å². The summed E-state index contributed by atoms with van der Waals surface area (Å²) < 4.78 is 5.28. The van der Waals surface area contributed by atoms with Crippen LogP contribution in [-0.2, 0) is 9.53 Å². The summed E-state index contributed by atoms with van der Waals surface area (Å²) in [5.41, 5.74) is 4.48. The van der Waals surface area contributed by atoms with Crippen molar-refractivity contribution < 1.29 is 14.3 Å². The normalized spacial score (nSPS) is 13.5. The van der Waals surface area contributed by atoms with Gasteiger partial charge in [-0.25, -0.2) is 4.79 Å². The number of aromatic nitrogens is 1. The molecule has 1 saturated heterocycles. The number of nitrogens with one attached hydrogen (secondary N) is 1. The lowest BCUT2D eigenvalue weighted by Crippen LogP contribution is -2.22. The summed E-state index contributed by atoms with van der Waals surface area (Å²) in [5.74, 6) is -0.913. The van der Waals surface area contributed by atoms with Crippen LogP contribution in [0, 0.1) is 13.8 Å². The number of esters is 1. The summed E-state index contributed by atoms with van der Waals surface area (Å²) in [5, 5.41) is 3.68. The van der Waals surface area contributed by atoms with E-state index in [2.05, 4.69) is 15.2 Å². The van der Waals surface area contributed by atoms with Gasteiger partial charge in [-0.2, -0.15) is 0 Å². The number of nitrogens with zero attached hydrogens (tertiary/aromatic N) is 2. The van der Waals surface area contributed by atoms with Crippen LogP contribution in [0.1, 0.15) is 34.5 Å². The molecule has 1 amide bonds. The molecule has 1 N–H and O–H groups in total. The van der Waals surface area contributed by atoms with Crippen LogP contribution in [0.15, 0.2) is 48.5 Å². The van der Waals surface area contributed by atoms with Crippen LogP contribution in [0.4, 0.5) is 11.4 Å². The van der Waals surface area contributed by atoms with Crippen molar-refractivity contribution in [2.45, 2.75) is 26.7 Å². The summed E-state index contributed by atoms with van der Waals surface area (Å²) in [6.45, 7) is 5.44. The summed E-state index contributed by atoms with van der Waals surface area (Å²) in [6.07, 6.45) is 2.44. The molecule has 1 aliphatic heterocycles. The number of carbonyl (C=O) groups excluding carboxylic acids is 2. The van der Waals surface area contributed by atoms with Crippen LogP contribution in [0.25, 0.3) is 10.9 Å². The molecule has 154 valence electrons. The number of benzene rings is 2. The molecule has 3 aromatic rings. The van der Waals surface area contributed by atoms with Gasteiger partial charge >= 0.3 is 5.97 Å². The molecule has 1 fully saturated rings. The second kappa shape index (κ2) is 8.53. The molecule has 6 heteroatoms. The number of amides is 1. The van der Waals surface area contributed by atoms with Crippen LogP contribution >= 0.6 is 0 Å². The first-order valence-electron chi connectivity index (χ1n) is 10.2. The number of pyridine rings is 1. The number of anilines is 2. The van der Waals surface area contributed by atoms with Crippen LogP contribution < -0.4 is 10.2 Å². The summed E-state index contributed by atoms with van der Waals surface area (Å²) in [6, 6.07) is 15.4. The Hall–Kier alpha value is -3.41. The third-order valence-electron chi connectivity index (χ3n) is 5.49. The largest absolute Gasteiger partial charge is 0.452 e. The molecule has 1 aliphatic rings. The summed E-state index contributed by atoms with van der Waals surface area (Å²) >= 11 is 0. The highest BCUT2D eigenvalue weighted by Gasteiger charge is 2.19. The van der Waals surface area contributed by atoms with Gasteiger partial charge in [0.15, 0.2) is 6.61 Å². The van der Waals surface area contributed by atoms with Crippen LogP contribution in [0.3, 0.4) is 0 Å². The Labute approximate surface area is 175 Å². The van der Waals surface area contributed by atoms with E-state index in [0.717, 1.165) is 35.2 Å². The predicted octanol–water partition coefficient (Wildman–Crippen LogP) is 4.25. The zero-order chi connectivity index (χ0) is 21.1. The molecule has 30 heavy (non-hydrogen) atoms. The van der Waals surface area contributed by atoms with Gasteiger partial charge in [0.25, 0.3) is 5.91 Å². The summed E-state index contributed by atoms with van der Waals surface area (Å²) in [7, 11) is 0. The molecule has 0 unspecified atom stereocenters. The highest BCUT2D eigenvalue weighted by Crippen LogP contribution is 2.24. The number of carbonyl (C=O) groups is 2. The average molecular weight is 403 g/mol. The van der Waals surface area contributed by atoms with Crippen molar-refractivity contribution in [2.75, 3.05) is 29.9 Å². The lowest BCUT2D eigenvalue weighted by Gasteiger charge is -2.17. The maximum Gasteiger partial charge on any atom is 0.340 e. The van der Waals surface area contributed by atoms with E-state index in [1.165, 1.54) is 12.8 Å². The van der Waals surface area contributed by atoms with E-state index in [1.54, 1.807) is 6.92 Å². The quantitative estimate of drug-likeness (QED) is 0.645. The van der Waals surface area contributed by atoms with Gasteiger partial charge in [0.05, 0.1) is 16.8 Å². The number of rotatable bonds is 5. The SMILES string of the molecule is Cc1nc2ccccc2c(C)c1C(=O)OCC(=O)Nc1ccc(N2CCCC2)cc1. The van der Waals surface area contributed by atoms with Gasteiger partial charge in [0, 0.05) is 29.9 Å². The Morgan fingerprint density at radius 2 is 1.73 bits per heavy atom. The monoisotopic (exact) mass is 403 g/mol. The predicted molar refractivity (Wildman–Crippen MR) is 118 cm³/mol. The van der Waals surface area contributed by atoms with Crippen molar-refractivity contribution in [2.24, 2.45) is 0 Å². The third kappa shape index (κ3) is 4.13. The highest BCUT2D eigenvalue weighted by atomic mass is 16.5. The number of fused-ring (bicyclic) bond motifs is 1. The van der Waals surface area contributed by atoms with Gasteiger partial charge in [-0.15, -0.1) is 0 Å². The third-order valence-corrected chi connectivity index (χ3v) is 5.49. The minimum atomic E-state index is -0.539. The molecule has 0 saturated carbocycles. The van der Waals surface area contributed by atoms with Crippen molar-refractivity contribution in [3.8, 4) is 0 Å². The first kappa shape index (κ1) is 19.9. The fraction of sp³-hybridized carbons (Fsp3) is 0.292. The van der Waals surface area contributed by atoms with Crippen molar-refractivity contribution in [1.29, 1.82) is 0 Å². The number of hydrogen-bond donors (Lipinski definition) is 1. The van der Waals surface area contributed by atoms with E-state index in [4.69, 9.17) is 4.74 Å². The van der Waals surface area contributed by atoms with Gasteiger partial charge in [-0.1, -0.05) is 18.2 Å². The Morgan fingerprint density at radius 1 is 1.03 bits per heavy atom. The maximum absolute atomic E-state index is 12.6. The van der Waals surface area contributed by atoms with Crippen molar-refractivity contribution in [1.82, 2.24) is 4.98 Å². The fourth-order valence-electron chi connectivity index (χ4n) is 3.96. The van der Waals surface area contributed by atoms with Crippen molar-refractivity contribution in [3.05, 3.63) is 65.4 Å². The summed E-state index contributed by atoms with van der Waals surface area (Å²) in [4.78, 5) is 31.7. The minimum Gasteiger partial charge on any atom is -0.452 e. The van der Waals surface area contributed by atoms with E-state index in [9.17, 15) is 9.59 Å². The van der Waals surface area contributed by atoms with Crippen LogP contribution in [-0.4, -0.2) is 36.6 Å². The molecule has 6 nitrogen and oxygen atoms in total. The molecule has 1 aromatic heterocycles. The number of para-hydroxylation sites is 1. The molecule has 0 bridgehead atoms. The van der Waals surface area contributed by atoms with Gasteiger partial charge in [0.2, 0.25) is 0 Å². The van der Waals surface area contributed by atoms with Gasteiger partial charge < -0.3 is 15.0 Å². The van der Waals surface area contributed by atoms with Gasteiger partial charge in [-0.3, -0.25) is 9.78 Å². The fourth-order valence-corrected chi connectivity index (χ4v) is 3.96. The van der Waals surface area contributed by atoms with E-state index < -0.39 is 5.97 Å². The average Bonchev–Trinajstić information content (AvgIpc) is 3.28. The topological polar surface area (TPSA) is 71.5 Å². The molecule has 2 aromatic carbocycles. The number of aryl methyl sites for hydroxylation is 2. The van der Waals surface area contributed by atoms with Gasteiger partial charge in [0.1, 0.15) is 0 Å². The van der Waals surface area contributed by atoms with Crippen LogP contribution in [0.2, 0.25) is 0 Å². The smallest absolute Gasteiger partial charge is 0.340 e. The lowest BCUT2D eigenvalue weighted by molar-refractivity contribution is -0.119. The Bertz CT molecular complexity index is 1090. The standard InChI is InChI=1S/C24H25N3O3/c1-16-20-7-3-4-8-21(20)25-17(2)23(16)24(29)30-15-22(28)26-18-9-11-19(12-10-18)27-13-5-6-14-27/h3-4,7-12H,5-6,13-15H2,1-2H3,(H,26,28). The molecule has 0 radical (unpaired) electrons. The Balaban J connectivity index is 1.38. The zero-order valence-electron chi connectivity index (χ0n) is 17.3. The molecule has 4 rings (SSSR count). The number of hydrogen-bond acceptors (Lipinski definition) is 5. The molecular formula is C24H25N3O3. The van der Waals surface area contributed by atoms with E-state index in [-0.39, 0.29) is 12.5 Å². The minimum absolute atomic E-state index is 0.349. The van der Waals surface area contributed by atoms with Crippen LogP contribution in [0.5, 0.6) is 0 Å². The van der Waals surface area contributed by atoms with Crippen molar-refractivity contribution in [3.63, 3.8) is 0 Å². The molecule has 0 atom stereocenters. The van der Waals surface area contributed by atoms with Crippen molar-refractivity contribution >= 4 is 34.2 Å². The first-order valence-corrected chi connectivity index (χ1v) is 10.2. The molecule has 0 aliphatic carbocycles. The highest BCUT2D eigenvalue weighted by molar-refractivity contribution is 6.00. The second-order valence-corrected chi connectivity index (χ2v) is 7.58. The zero-order valence-corrected chi connectivity index (χ0v) is 17.3. The first-order chi connectivity index (χ1) is 14.5. The van der Waals surface area contributed by atoms with E-state index >= 15 is 0 Å². The molecule has 0 spiro atoms. The maximum atomic E-state index is 12.6. The van der Waals surface area contributed by atoms with E-state index in [0.29, 0.717) is 16.9 Å².